The molecular weight excluding hydrogens is 340 g/mol. The Morgan fingerprint density at radius 2 is 1.80 bits per heavy atom. The van der Waals surface area contributed by atoms with Gasteiger partial charge in [0.1, 0.15) is 0 Å². The van der Waals surface area contributed by atoms with E-state index in [1.807, 2.05) is 6.07 Å². The third kappa shape index (κ3) is 6.17. The van der Waals surface area contributed by atoms with Crippen molar-refractivity contribution in [3.8, 4) is 0 Å². The zero-order chi connectivity index (χ0) is 18.5. The maximum Gasteiger partial charge on any atom is 0.319 e. The average molecular weight is 362 g/mol. The van der Waals surface area contributed by atoms with Crippen LogP contribution in [0.15, 0.2) is 53.7 Å². The Bertz CT molecular complexity index is 813. The lowest BCUT2D eigenvalue weighted by Gasteiger charge is -2.20. The van der Waals surface area contributed by atoms with Crippen molar-refractivity contribution in [1.29, 1.82) is 0 Å². The van der Waals surface area contributed by atoms with Gasteiger partial charge in [-0.3, -0.25) is 4.98 Å². The molecule has 2 rings (SSSR count). The van der Waals surface area contributed by atoms with Crippen molar-refractivity contribution in [2.75, 3.05) is 5.32 Å². The molecule has 1 heterocycles. The number of anilines is 1. The highest BCUT2D eigenvalue weighted by atomic mass is 32.2. The summed E-state index contributed by atoms with van der Waals surface area (Å²) in [5.41, 5.74) is 0.813. The number of nitrogens with zero attached hydrogens (tertiary/aromatic N) is 1. The highest BCUT2D eigenvalue weighted by Crippen LogP contribution is 2.16. The second-order valence-corrected chi connectivity index (χ2v) is 8.23. The van der Waals surface area contributed by atoms with Crippen LogP contribution < -0.4 is 15.4 Å². The van der Waals surface area contributed by atoms with Gasteiger partial charge < -0.3 is 10.6 Å². The molecule has 25 heavy (non-hydrogen) atoms. The maximum absolute atomic E-state index is 12.2. The smallest absolute Gasteiger partial charge is 0.319 e. The van der Waals surface area contributed by atoms with E-state index in [4.69, 9.17) is 0 Å². The van der Waals surface area contributed by atoms with Gasteiger partial charge >= 0.3 is 6.03 Å². The molecule has 0 spiro atoms. The first-order valence-corrected chi connectivity index (χ1v) is 9.22. The Labute approximate surface area is 147 Å². The SMILES string of the molecule is CC(C)(C)NS(=O)(=O)c1ccc(NC(=O)NCc2cccnc2)cc1. The van der Waals surface area contributed by atoms with Crippen LogP contribution in [0, 0.1) is 0 Å². The number of sulfonamides is 1. The Balaban J connectivity index is 1.95. The predicted molar refractivity (Wildman–Crippen MR) is 96.6 cm³/mol. The number of pyridine rings is 1. The molecule has 0 fully saturated rings. The number of urea groups is 1. The van der Waals surface area contributed by atoms with E-state index in [0.29, 0.717) is 12.2 Å². The van der Waals surface area contributed by atoms with Gasteiger partial charge in [-0.2, -0.15) is 0 Å². The molecule has 0 unspecified atom stereocenters. The summed E-state index contributed by atoms with van der Waals surface area (Å²) in [6.45, 7) is 5.66. The second kappa shape index (κ2) is 7.62. The Hall–Kier alpha value is -2.45. The van der Waals surface area contributed by atoms with Gasteiger partial charge in [0.15, 0.2) is 0 Å². The molecule has 1 aromatic carbocycles. The van der Waals surface area contributed by atoms with E-state index in [9.17, 15) is 13.2 Å². The van der Waals surface area contributed by atoms with Crippen LogP contribution in [-0.2, 0) is 16.6 Å². The zero-order valence-electron chi connectivity index (χ0n) is 14.4. The highest BCUT2D eigenvalue weighted by Gasteiger charge is 2.21. The van der Waals surface area contributed by atoms with Gasteiger partial charge in [-0.15, -0.1) is 0 Å². The summed E-state index contributed by atoms with van der Waals surface area (Å²) in [7, 11) is -3.59. The van der Waals surface area contributed by atoms with Gasteiger partial charge in [-0.25, -0.2) is 17.9 Å². The van der Waals surface area contributed by atoms with Crippen molar-refractivity contribution in [1.82, 2.24) is 15.0 Å². The molecule has 8 heteroatoms. The van der Waals surface area contributed by atoms with Gasteiger partial charge in [0, 0.05) is 30.2 Å². The molecule has 0 aliphatic heterocycles. The van der Waals surface area contributed by atoms with Crippen molar-refractivity contribution in [2.24, 2.45) is 0 Å². The van der Waals surface area contributed by atoms with Crippen LogP contribution >= 0.6 is 0 Å². The lowest BCUT2D eigenvalue weighted by Crippen LogP contribution is -2.40. The number of rotatable bonds is 5. The number of hydrogen-bond acceptors (Lipinski definition) is 4. The summed E-state index contributed by atoms with van der Waals surface area (Å²) in [4.78, 5) is 16.0. The number of carbonyl (C=O) groups excluding carboxylic acids is 1. The normalized spacial score (nSPS) is 11.8. The fourth-order valence-electron chi connectivity index (χ4n) is 2.04. The Kier molecular flexibility index (Phi) is 5.76. The van der Waals surface area contributed by atoms with Gasteiger partial charge in [-0.05, 0) is 56.7 Å². The lowest BCUT2D eigenvalue weighted by molar-refractivity contribution is 0.251. The van der Waals surface area contributed by atoms with E-state index in [2.05, 4.69) is 20.3 Å². The molecule has 0 bridgehead atoms. The molecule has 0 radical (unpaired) electrons. The van der Waals surface area contributed by atoms with Crippen molar-refractivity contribution in [3.63, 3.8) is 0 Å². The number of aromatic nitrogens is 1. The van der Waals surface area contributed by atoms with E-state index >= 15 is 0 Å². The molecule has 0 atom stereocenters. The topological polar surface area (TPSA) is 100 Å². The molecule has 134 valence electrons. The minimum absolute atomic E-state index is 0.142. The van der Waals surface area contributed by atoms with Crippen molar-refractivity contribution >= 4 is 21.7 Å². The van der Waals surface area contributed by atoms with E-state index in [0.717, 1.165) is 5.56 Å². The molecule has 7 nitrogen and oxygen atoms in total. The summed E-state index contributed by atoms with van der Waals surface area (Å²) in [6.07, 6.45) is 3.33. The van der Waals surface area contributed by atoms with E-state index in [1.165, 1.54) is 12.1 Å². The average Bonchev–Trinajstić information content (AvgIpc) is 2.52. The number of hydrogen-bond donors (Lipinski definition) is 3. The largest absolute Gasteiger partial charge is 0.334 e. The molecule has 2 aromatic rings. The third-order valence-corrected chi connectivity index (χ3v) is 4.81. The molecule has 2 amide bonds. The Morgan fingerprint density at radius 1 is 1.12 bits per heavy atom. The van der Waals surface area contributed by atoms with Crippen molar-refractivity contribution < 1.29 is 13.2 Å². The fourth-order valence-corrected chi connectivity index (χ4v) is 3.46. The van der Waals surface area contributed by atoms with Crippen LogP contribution in [0.5, 0.6) is 0 Å². The Morgan fingerprint density at radius 3 is 2.36 bits per heavy atom. The van der Waals surface area contributed by atoms with Crippen LogP contribution in [0.1, 0.15) is 26.3 Å². The van der Waals surface area contributed by atoms with Crippen LogP contribution in [0.2, 0.25) is 0 Å². The van der Waals surface area contributed by atoms with E-state index in [-0.39, 0.29) is 10.9 Å². The summed E-state index contributed by atoms with van der Waals surface area (Å²) in [5.74, 6) is 0. The van der Waals surface area contributed by atoms with Gasteiger partial charge in [0.2, 0.25) is 10.0 Å². The fraction of sp³-hybridized carbons (Fsp3) is 0.294. The zero-order valence-corrected chi connectivity index (χ0v) is 15.2. The molecule has 0 saturated heterocycles. The first-order chi connectivity index (χ1) is 11.7. The van der Waals surface area contributed by atoms with Crippen molar-refractivity contribution in [3.05, 3.63) is 54.4 Å². The van der Waals surface area contributed by atoms with Crippen LogP contribution in [0.25, 0.3) is 0 Å². The summed E-state index contributed by atoms with van der Waals surface area (Å²) in [5, 5.41) is 5.36. The van der Waals surface area contributed by atoms with Crippen LogP contribution in [0.3, 0.4) is 0 Å². The third-order valence-electron chi connectivity index (χ3n) is 3.04. The summed E-state index contributed by atoms with van der Waals surface area (Å²) < 4.78 is 27.0. The molecule has 0 aliphatic carbocycles. The number of amides is 2. The minimum Gasteiger partial charge on any atom is -0.334 e. The van der Waals surface area contributed by atoms with E-state index < -0.39 is 15.6 Å². The van der Waals surface area contributed by atoms with Crippen molar-refractivity contribution in [2.45, 2.75) is 37.8 Å². The molecule has 1 aromatic heterocycles. The van der Waals surface area contributed by atoms with E-state index in [1.54, 1.807) is 51.4 Å². The van der Waals surface area contributed by atoms with Gasteiger partial charge in [0.25, 0.3) is 0 Å². The first-order valence-electron chi connectivity index (χ1n) is 7.73. The molecule has 0 aliphatic rings. The summed E-state index contributed by atoms with van der Waals surface area (Å²) in [6, 6.07) is 9.25. The number of benzene rings is 1. The van der Waals surface area contributed by atoms with Crippen LogP contribution in [0.4, 0.5) is 10.5 Å². The standard InChI is InChI=1S/C17H22N4O3S/c1-17(2,3)21-25(23,24)15-8-6-14(7-9-15)20-16(22)19-12-13-5-4-10-18-11-13/h4-11,21H,12H2,1-3H3,(H2,19,20,22). The van der Waals surface area contributed by atoms with Crippen LogP contribution in [-0.4, -0.2) is 25.0 Å². The summed E-state index contributed by atoms with van der Waals surface area (Å²) >= 11 is 0. The maximum atomic E-state index is 12.2. The molecular formula is C17H22N4O3S. The molecule has 3 N–H and O–H groups in total. The quantitative estimate of drug-likeness (QED) is 0.761. The predicted octanol–water partition coefficient (Wildman–Crippen LogP) is 2.48. The lowest BCUT2D eigenvalue weighted by atomic mass is 10.1. The number of nitrogens with one attached hydrogen (secondary N) is 3. The highest BCUT2D eigenvalue weighted by molar-refractivity contribution is 7.89. The minimum atomic E-state index is -3.59. The molecule has 0 saturated carbocycles. The second-order valence-electron chi connectivity index (χ2n) is 6.55. The van der Waals surface area contributed by atoms with Gasteiger partial charge in [-0.1, -0.05) is 6.07 Å². The monoisotopic (exact) mass is 362 g/mol. The first kappa shape index (κ1) is 18.9. The number of carbonyl (C=O) groups is 1. The van der Waals surface area contributed by atoms with Gasteiger partial charge in [0.05, 0.1) is 4.90 Å².